The van der Waals surface area contributed by atoms with Crippen LogP contribution in [0.3, 0.4) is 0 Å². The third-order valence-electron chi connectivity index (χ3n) is 7.07. The van der Waals surface area contributed by atoms with Gasteiger partial charge in [-0.15, -0.1) is 0 Å². The number of hydrogen-bond donors (Lipinski definition) is 0. The predicted octanol–water partition coefficient (Wildman–Crippen LogP) is 6.33. The fourth-order valence-corrected chi connectivity index (χ4v) is 5.79. The Balaban J connectivity index is 1.94. The Morgan fingerprint density at radius 3 is 2.65 bits per heavy atom. The van der Waals surface area contributed by atoms with E-state index >= 15 is 4.39 Å². The number of alkyl halides is 1. The summed E-state index contributed by atoms with van der Waals surface area (Å²) in [6, 6.07) is 11.4. The first-order chi connectivity index (χ1) is 18.0. The summed E-state index contributed by atoms with van der Waals surface area (Å²) >= 11 is 3.54. The van der Waals surface area contributed by atoms with Gasteiger partial charge in [0, 0.05) is 41.1 Å². The van der Waals surface area contributed by atoms with Crippen LogP contribution >= 0.6 is 15.9 Å². The standard InChI is InChI=1S/C29H31BrFN3O3/c1-4-24-26-23(32-33(24)3)17-36-16-19-10-7-6-9-18(19)15-34-27-21(12-13-22(31)25(26)27)20(11-8-14-30)28(34)29(35)37-5-2/h6-7,9-10,12-13H,4-5,8,11,14-17H2,1-3H3. The van der Waals surface area contributed by atoms with Gasteiger partial charge in [-0.25, -0.2) is 9.18 Å². The Kier molecular flexibility index (Phi) is 7.49. The molecular weight excluding hydrogens is 537 g/mol. The predicted molar refractivity (Wildman–Crippen MR) is 146 cm³/mol. The molecule has 0 atom stereocenters. The van der Waals surface area contributed by atoms with E-state index in [1.54, 1.807) is 13.0 Å². The van der Waals surface area contributed by atoms with E-state index in [1.165, 1.54) is 6.07 Å². The molecule has 0 spiro atoms. The van der Waals surface area contributed by atoms with Gasteiger partial charge in [-0.2, -0.15) is 5.10 Å². The number of hydrogen-bond acceptors (Lipinski definition) is 4. The molecule has 0 radical (unpaired) electrons. The number of carbonyl (C=O) groups is 1. The van der Waals surface area contributed by atoms with Crippen molar-refractivity contribution in [1.82, 2.24) is 14.3 Å². The maximum atomic E-state index is 16.0. The summed E-state index contributed by atoms with van der Waals surface area (Å²) in [4.78, 5) is 13.5. The summed E-state index contributed by atoms with van der Waals surface area (Å²) in [5, 5.41) is 6.41. The maximum absolute atomic E-state index is 16.0. The van der Waals surface area contributed by atoms with Gasteiger partial charge < -0.3 is 14.0 Å². The van der Waals surface area contributed by atoms with Crippen molar-refractivity contribution in [3.8, 4) is 11.1 Å². The molecule has 2 aromatic carbocycles. The Labute approximate surface area is 224 Å². The van der Waals surface area contributed by atoms with Crippen molar-refractivity contribution >= 4 is 32.8 Å². The number of aryl methyl sites for hydroxylation is 2. The lowest BCUT2D eigenvalue weighted by atomic mass is 9.96. The molecule has 0 unspecified atom stereocenters. The Morgan fingerprint density at radius 1 is 1.14 bits per heavy atom. The molecule has 1 aliphatic rings. The molecule has 5 rings (SSSR count). The van der Waals surface area contributed by atoms with Crippen LogP contribution in [0.25, 0.3) is 22.0 Å². The monoisotopic (exact) mass is 567 g/mol. The average molecular weight is 568 g/mol. The number of aromatic nitrogens is 3. The molecule has 0 saturated carbocycles. The van der Waals surface area contributed by atoms with Gasteiger partial charge in [0.15, 0.2) is 0 Å². The number of halogens is 2. The van der Waals surface area contributed by atoms with Crippen LogP contribution in [0, 0.1) is 5.82 Å². The Bertz CT molecular complexity index is 1470. The van der Waals surface area contributed by atoms with Gasteiger partial charge >= 0.3 is 5.97 Å². The fourth-order valence-electron chi connectivity index (χ4n) is 5.51. The molecule has 0 fully saturated rings. The van der Waals surface area contributed by atoms with Crippen molar-refractivity contribution in [2.75, 3.05) is 11.9 Å². The zero-order chi connectivity index (χ0) is 26.1. The number of benzene rings is 2. The van der Waals surface area contributed by atoms with E-state index in [9.17, 15) is 4.79 Å². The van der Waals surface area contributed by atoms with Gasteiger partial charge in [0.05, 0.1) is 31.0 Å². The molecule has 0 N–H and O–H groups in total. The first-order valence-electron chi connectivity index (χ1n) is 12.8. The zero-order valence-corrected chi connectivity index (χ0v) is 23.0. The fraction of sp³-hybridized carbons (Fsp3) is 0.379. The van der Waals surface area contributed by atoms with E-state index < -0.39 is 0 Å². The van der Waals surface area contributed by atoms with Crippen LogP contribution in [-0.4, -0.2) is 32.3 Å². The van der Waals surface area contributed by atoms with Gasteiger partial charge in [-0.3, -0.25) is 4.68 Å². The molecular formula is C29H31BrFN3O3. The summed E-state index contributed by atoms with van der Waals surface area (Å²) in [5.74, 6) is -0.731. The number of ether oxygens (including phenoxy) is 2. The van der Waals surface area contributed by atoms with Crippen LogP contribution in [0.15, 0.2) is 36.4 Å². The maximum Gasteiger partial charge on any atom is 0.355 e. The third-order valence-corrected chi connectivity index (χ3v) is 7.63. The lowest BCUT2D eigenvalue weighted by Crippen LogP contribution is -2.16. The van der Waals surface area contributed by atoms with E-state index in [-0.39, 0.29) is 25.0 Å². The number of nitrogens with zero attached hydrogens (tertiary/aromatic N) is 3. The van der Waals surface area contributed by atoms with Gasteiger partial charge in [0.1, 0.15) is 11.5 Å². The van der Waals surface area contributed by atoms with Crippen LogP contribution in [0.1, 0.15) is 58.8 Å². The second-order valence-corrected chi connectivity index (χ2v) is 10.0. The summed E-state index contributed by atoms with van der Waals surface area (Å²) < 4.78 is 31.5. The van der Waals surface area contributed by atoms with Crippen LogP contribution in [0.2, 0.25) is 0 Å². The van der Waals surface area contributed by atoms with E-state index in [2.05, 4.69) is 15.9 Å². The minimum absolute atomic E-state index is 0.259. The lowest BCUT2D eigenvalue weighted by Gasteiger charge is -2.16. The molecule has 4 aromatic rings. The quantitative estimate of drug-likeness (QED) is 0.202. The molecule has 8 heteroatoms. The Hall–Kier alpha value is -2.97. The number of esters is 1. The van der Waals surface area contributed by atoms with Crippen molar-refractivity contribution in [2.24, 2.45) is 7.05 Å². The van der Waals surface area contributed by atoms with Gasteiger partial charge in [0.2, 0.25) is 0 Å². The molecule has 0 amide bonds. The van der Waals surface area contributed by atoms with Gasteiger partial charge in [-0.1, -0.05) is 47.1 Å². The van der Waals surface area contributed by atoms with E-state index in [0.717, 1.165) is 45.1 Å². The minimum atomic E-state index is -0.389. The van der Waals surface area contributed by atoms with Crippen molar-refractivity contribution in [3.63, 3.8) is 0 Å². The highest BCUT2D eigenvalue weighted by molar-refractivity contribution is 9.09. The zero-order valence-electron chi connectivity index (χ0n) is 21.4. The van der Waals surface area contributed by atoms with Crippen LogP contribution in [-0.2, 0) is 49.1 Å². The highest BCUT2D eigenvalue weighted by Crippen LogP contribution is 2.41. The van der Waals surface area contributed by atoms with Crippen molar-refractivity contribution in [3.05, 3.63) is 76.0 Å². The van der Waals surface area contributed by atoms with Crippen molar-refractivity contribution < 1.29 is 18.7 Å². The second kappa shape index (κ2) is 10.8. The number of carbonyl (C=O) groups excluding carboxylic acids is 1. The van der Waals surface area contributed by atoms with E-state index in [0.29, 0.717) is 48.5 Å². The average Bonchev–Trinajstić information content (AvgIpc) is 3.36. The van der Waals surface area contributed by atoms with Gasteiger partial charge in [0.25, 0.3) is 0 Å². The van der Waals surface area contributed by atoms with Crippen LogP contribution in [0.4, 0.5) is 4.39 Å². The molecule has 3 heterocycles. The molecule has 2 aromatic heterocycles. The van der Waals surface area contributed by atoms with Crippen LogP contribution in [0.5, 0.6) is 0 Å². The molecule has 37 heavy (non-hydrogen) atoms. The molecule has 194 valence electrons. The molecule has 0 bridgehead atoms. The first-order valence-corrected chi connectivity index (χ1v) is 13.9. The number of fused-ring (bicyclic) bond motifs is 3. The molecule has 6 nitrogen and oxygen atoms in total. The normalized spacial score (nSPS) is 13.2. The largest absolute Gasteiger partial charge is 0.461 e. The highest BCUT2D eigenvalue weighted by Gasteiger charge is 2.30. The smallest absolute Gasteiger partial charge is 0.355 e. The molecule has 0 aliphatic carbocycles. The second-order valence-electron chi connectivity index (χ2n) is 9.25. The number of rotatable bonds is 6. The summed E-state index contributed by atoms with van der Waals surface area (Å²) in [6.45, 7) is 5.15. The van der Waals surface area contributed by atoms with Crippen LogP contribution < -0.4 is 0 Å². The van der Waals surface area contributed by atoms with E-state index in [4.69, 9.17) is 14.6 Å². The SMILES string of the molecule is CCOC(=O)c1c(CCCBr)c2ccc(F)c3c2n1Cc1ccccc1COCc1nn(C)c(CC)c1-3. The van der Waals surface area contributed by atoms with E-state index in [1.807, 2.05) is 47.5 Å². The lowest BCUT2D eigenvalue weighted by molar-refractivity contribution is 0.0513. The molecule has 0 saturated heterocycles. The minimum Gasteiger partial charge on any atom is -0.461 e. The summed E-state index contributed by atoms with van der Waals surface area (Å²) in [5.41, 5.74) is 6.96. The van der Waals surface area contributed by atoms with Crippen molar-refractivity contribution in [2.45, 2.75) is 52.9 Å². The first kappa shape index (κ1) is 25.7. The van der Waals surface area contributed by atoms with Crippen molar-refractivity contribution in [1.29, 1.82) is 0 Å². The molecule has 1 aliphatic heterocycles. The summed E-state index contributed by atoms with van der Waals surface area (Å²) in [7, 11) is 1.88. The highest BCUT2D eigenvalue weighted by atomic mass is 79.9. The Morgan fingerprint density at radius 2 is 1.92 bits per heavy atom. The topological polar surface area (TPSA) is 58.3 Å². The van der Waals surface area contributed by atoms with Gasteiger partial charge in [-0.05, 0) is 55.0 Å². The summed E-state index contributed by atoms with van der Waals surface area (Å²) in [6.07, 6.45) is 2.18. The third kappa shape index (κ3) is 4.50.